The van der Waals surface area contributed by atoms with E-state index in [0.717, 1.165) is 23.5 Å². The van der Waals surface area contributed by atoms with Gasteiger partial charge in [-0.05, 0) is 25.3 Å². The van der Waals surface area contributed by atoms with Gasteiger partial charge in [-0.25, -0.2) is 9.78 Å². The zero-order valence-corrected chi connectivity index (χ0v) is 13.5. The van der Waals surface area contributed by atoms with Crippen molar-refractivity contribution in [1.82, 2.24) is 14.3 Å². The van der Waals surface area contributed by atoms with Crippen molar-refractivity contribution in [3.05, 3.63) is 39.1 Å². The van der Waals surface area contributed by atoms with E-state index < -0.39 is 5.97 Å². The molecule has 5 rings (SSSR count). The monoisotopic (exact) mass is 345 g/mol. The van der Waals surface area contributed by atoms with Crippen LogP contribution in [0, 0.1) is 0 Å². The van der Waals surface area contributed by atoms with Gasteiger partial charge in [0.1, 0.15) is 11.1 Å². The summed E-state index contributed by atoms with van der Waals surface area (Å²) in [5.41, 5.74) is 2.78. The van der Waals surface area contributed by atoms with Crippen LogP contribution in [0.15, 0.2) is 22.9 Å². The normalized spacial score (nSPS) is 24.1. The van der Waals surface area contributed by atoms with Crippen molar-refractivity contribution in [2.24, 2.45) is 0 Å². The zero-order valence-electron chi connectivity index (χ0n) is 11.9. The van der Waals surface area contributed by atoms with Gasteiger partial charge in [0.2, 0.25) is 0 Å². The molecule has 0 bridgehead atoms. The highest BCUT2D eigenvalue weighted by atomic mass is 32.2. The summed E-state index contributed by atoms with van der Waals surface area (Å²) in [5.74, 6) is -1.30. The van der Waals surface area contributed by atoms with Crippen LogP contribution < -0.4 is 0 Å². The Morgan fingerprint density at radius 3 is 3.13 bits per heavy atom. The molecule has 2 aliphatic heterocycles. The number of carboxylic acids is 1. The minimum atomic E-state index is -1.06. The van der Waals surface area contributed by atoms with Crippen LogP contribution in [0.5, 0.6) is 0 Å². The molecule has 1 atom stereocenters. The molecule has 2 aromatic rings. The van der Waals surface area contributed by atoms with Crippen LogP contribution in [0.3, 0.4) is 0 Å². The Labute approximate surface area is 139 Å². The van der Waals surface area contributed by atoms with Crippen LogP contribution in [-0.4, -0.2) is 36.6 Å². The van der Waals surface area contributed by atoms with Crippen LogP contribution in [0.4, 0.5) is 0 Å². The molecule has 1 saturated heterocycles. The number of aliphatic carboxylic acids is 1. The number of carbonyl (C=O) groups excluding carboxylic acids is 1. The van der Waals surface area contributed by atoms with Crippen molar-refractivity contribution in [1.29, 1.82) is 0 Å². The van der Waals surface area contributed by atoms with E-state index in [4.69, 9.17) is 5.11 Å². The molecule has 1 aliphatic carbocycles. The van der Waals surface area contributed by atoms with E-state index in [-0.39, 0.29) is 17.0 Å². The topological polar surface area (TPSA) is 74.9 Å². The van der Waals surface area contributed by atoms with Gasteiger partial charge in [0.25, 0.3) is 5.91 Å². The summed E-state index contributed by atoms with van der Waals surface area (Å²) < 4.78 is 2.13. The molecular formula is C15H11N3O3S2. The first-order valence-corrected chi connectivity index (χ1v) is 9.03. The number of rotatable bonds is 2. The maximum atomic E-state index is 12.2. The number of amides is 1. The van der Waals surface area contributed by atoms with Crippen LogP contribution in [0.2, 0.25) is 0 Å². The lowest BCUT2D eigenvalue weighted by atomic mass is 10.0. The molecule has 8 heteroatoms. The largest absolute Gasteiger partial charge is 0.477 e. The highest BCUT2D eigenvalue weighted by molar-refractivity contribution is 8.03. The number of hydrogen-bond acceptors (Lipinski definition) is 5. The average Bonchev–Trinajstić information content (AvgIpc) is 3.23. The molecule has 3 aliphatic rings. The van der Waals surface area contributed by atoms with E-state index in [1.165, 1.54) is 39.1 Å². The lowest BCUT2D eigenvalue weighted by Gasteiger charge is -2.36. The standard InChI is InChI=1S/C15H11N3O3S2/c19-12-8(13-18(12)10(6-22-13)14(20)21)4-7-5-17-9-2-1-3-11(9)23-15(17)16-7/h4-6,13H,1-3H2,(H,20,21)/b8-4+. The number of fused-ring (bicyclic) bond motifs is 4. The van der Waals surface area contributed by atoms with Crippen molar-refractivity contribution in [3.8, 4) is 0 Å². The van der Waals surface area contributed by atoms with Crippen molar-refractivity contribution in [2.45, 2.75) is 24.6 Å². The molecule has 6 nitrogen and oxygen atoms in total. The second kappa shape index (κ2) is 4.48. The first-order valence-electron chi connectivity index (χ1n) is 7.27. The summed E-state index contributed by atoms with van der Waals surface area (Å²) in [6, 6.07) is 0. The predicted molar refractivity (Wildman–Crippen MR) is 87.0 cm³/mol. The van der Waals surface area contributed by atoms with Gasteiger partial charge >= 0.3 is 5.97 Å². The first-order chi connectivity index (χ1) is 11.1. The van der Waals surface area contributed by atoms with E-state index in [1.807, 2.05) is 6.20 Å². The molecule has 4 heterocycles. The third-order valence-electron chi connectivity index (χ3n) is 4.39. The molecule has 1 fully saturated rings. The van der Waals surface area contributed by atoms with Gasteiger partial charge in [-0.15, -0.1) is 23.1 Å². The molecule has 1 unspecified atom stereocenters. The Balaban J connectivity index is 1.48. The average molecular weight is 345 g/mol. The fourth-order valence-electron chi connectivity index (χ4n) is 3.32. The highest BCUT2D eigenvalue weighted by Gasteiger charge is 2.49. The van der Waals surface area contributed by atoms with Gasteiger partial charge in [-0.3, -0.25) is 14.1 Å². The van der Waals surface area contributed by atoms with E-state index in [9.17, 15) is 9.59 Å². The van der Waals surface area contributed by atoms with E-state index in [2.05, 4.69) is 9.38 Å². The molecular weight excluding hydrogens is 334 g/mol. The number of aromatic nitrogens is 2. The van der Waals surface area contributed by atoms with E-state index in [1.54, 1.807) is 17.4 Å². The fraction of sp³-hybridized carbons (Fsp3) is 0.267. The molecule has 0 aromatic carbocycles. The van der Waals surface area contributed by atoms with E-state index >= 15 is 0 Å². The number of imidazole rings is 1. The highest BCUT2D eigenvalue weighted by Crippen LogP contribution is 2.45. The van der Waals surface area contributed by atoms with Crippen molar-refractivity contribution < 1.29 is 14.7 Å². The zero-order chi connectivity index (χ0) is 15.7. The van der Waals surface area contributed by atoms with Gasteiger partial charge in [-0.1, -0.05) is 0 Å². The number of aryl methyl sites for hydroxylation is 2. The summed E-state index contributed by atoms with van der Waals surface area (Å²) >= 11 is 3.07. The van der Waals surface area contributed by atoms with Crippen molar-refractivity contribution >= 4 is 46.0 Å². The maximum absolute atomic E-state index is 12.2. The summed E-state index contributed by atoms with van der Waals surface area (Å²) in [7, 11) is 0. The minimum Gasteiger partial charge on any atom is -0.477 e. The molecule has 0 saturated carbocycles. The van der Waals surface area contributed by atoms with Crippen LogP contribution in [0.1, 0.15) is 22.7 Å². The Morgan fingerprint density at radius 1 is 1.43 bits per heavy atom. The first kappa shape index (κ1) is 13.4. The van der Waals surface area contributed by atoms with Crippen molar-refractivity contribution in [2.75, 3.05) is 0 Å². The van der Waals surface area contributed by atoms with Crippen LogP contribution in [0.25, 0.3) is 11.0 Å². The molecule has 23 heavy (non-hydrogen) atoms. The number of nitrogens with zero attached hydrogens (tertiary/aromatic N) is 3. The second-order valence-electron chi connectivity index (χ2n) is 5.72. The van der Waals surface area contributed by atoms with Gasteiger partial charge in [0.15, 0.2) is 4.96 Å². The third-order valence-corrected chi connectivity index (χ3v) is 6.63. The SMILES string of the molecule is O=C(O)C1=CSC2/C(=C/c3cn4c5c(sc4n3)CCC5)C(=O)N12. The summed E-state index contributed by atoms with van der Waals surface area (Å²) in [6.45, 7) is 0. The number of thiazole rings is 1. The number of hydrogen-bond donors (Lipinski definition) is 1. The predicted octanol–water partition coefficient (Wildman–Crippen LogP) is 2.11. The maximum Gasteiger partial charge on any atom is 0.353 e. The summed E-state index contributed by atoms with van der Waals surface area (Å²) in [6.07, 6.45) is 7.18. The Bertz CT molecular complexity index is 953. The smallest absolute Gasteiger partial charge is 0.353 e. The number of carbonyl (C=O) groups is 2. The Hall–Kier alpha value is -2.06. The number of carboxylic acid groups (broad SMARTS) is 1. The van der Waals surface area contributed by atoms with Gasteiger partial charge in [0.05, 0.1) is 11.3 Å². The molecule has 116 valence electrons. The summed E-state index contributed by atoms with van der Waals surface area (Å²) in [4.78, 5) is 31.6. The Kier molecular flexibility index (Phi) is 2.61. The molecule has 1 N–H and O–H groups in total. The van der Waals surface area contributed by atoms with Gasteiger partial charge in [-0.2, -0.15) is 0 Å². The van der Waals surface area contributed by atoms with Gasteiger partial charge < -0.3 is 5.11 Å². The number of β-lactam (4-membered cyclic amide) rings is 1. The lowest BCUT2D eigenvalue weighted by molar-refractivity contribution is -0.141. The van der Waals surface area contributed by atoms with Crippen LogP contribution in [-0.2, 0) is 22.4 Å². The minimum absolute atomic E-state index is 0.0609. The lowest BCUT2D eigenvalue weighted by Crippen LogP contribution is -2.51. The molecule has 1 amide bonds. The third kappa shape index (κ3) is 1.73. The second-order valence-corrected chi connectivity index (χ2v) is 7.73. The van der Waals surface area contributed by atoms with Crippen molar-refractivity contribution in [3.63, 3.8) is 0 Å². The summed E-state index contributed by atoms with van der Waals surface area (Å²) in [5, 5.41) is 10.4. The number of thioether (sulfide) groups is 1. The Morgan fingerprint density at radius 2 is 2.30 bits per heavy atom. The fourth-order valence-corrected chi connectivity index (χ4v) is 5.63. The molecule has 0 spiro atoms. The molecule has 2 aromatic heterocycles. The van der Waals surface area contributed by atoms with Gasteiger partial charge in [0, 0.05) is 22.2 Å². The molecule has 0 radical (unpaired) electrons. The van der Waals surface area contributed by atoms with Crippen LogP contribution >= 0.6 is 23.1 Å². The quantitative estimate of drug-likeness (QED) is 0.666. The van der Waals surface area contributed by atoms with E-state index in [0.29, 0.717) is 5.57 Å².